The Bertz CT molecular complexity index is 541. The summed E-state index contributed by atoms with van der Waals surface area (Å²) in [5, 5.41) is 17.0. The average Bonchev–Trinajstić information content (AvgIpc) is 2.94. The van der Waals surface area contributed by atoms with Gasteiger partial charge in [0, 0.05) is 24.3 Å². The van der Waals surface area contributed by atoms with Gasteiger partial charge in [0.15, 0.2) is 5.69 Å². The van der Waals surface area contributed by atoms with Crippen LogP contribution in [-0.2, 0) is 6.54 Å². The van der Waals surface area contributed by atoms with Crippen molar-refractivity contribution in [1.29, 1.82) is 0 Å². The lowest BCUT2D eigenvalue weighted by Gasteiger charge is -2.03. The third kappa shape index (κ3) is 2.55. The molecule has 0 aliphatic heterocycles. The highest BCUT2D eigenvalue weighted by Crippen LogP contribution is 2.05. The Morgan fingerprint density at radius 3 is 2.83 bits per heavy atom. The quantitative estimate of drug-likeness (QED) is 0.838. The SMILES string of the molecule is Cc1n[nH]nc1C(=O)NCc1cnn(C(C)C)c1. The van der Waals surface area contributed by atoms with Crippen molar-refractivity contribution in [1.82, 2.24) is 30.5 Å². The molecule has 2 N–H and O–H groups in total. The standard InChI is InChI=1S/C11H16N6O/c1-7(2)17-6-9(5-13-17)4-12-11(18)10-8(3)14-16-15-10/h5-7H,4H2,1-3H3,(H,12,18)(H,14,15,16). The van der Waals surface area contributed by atoms with Crippen LogP contribution in [0.3, 0.4) is 0 Å². The number of hydrogen-bond acceptors (Lipinski definition) is 4. The fourth-order valence-electron chi connectivity index (χ4n) is 1.52. The third-order valence-electron chi connectivity index (χ3n) is 2.57. The van der Waals surface area contributed by atoms with Gasteiger partial charge in [-0.2, -0.15) is 20.5 Å². The molecule has 18 heavy (non-hydrogen) atoms. The number of aromatic amines is 1. The van der Waals surface area contributed by atoms with Crippen molar-refractivity contribution in [3.63, 3.8) is 0 Å². The highest BCUT2D eigenvalue weighted by Gasteiger charge is 2.12. The zero-order valence-corrected chi connectivity index (χ0v) is 10.6. The molecule has 0 unspecified atom stereocenters. The highest BCUT2D eigenvalue weighted by atomic mass is 16.2. The lowest BCUT2D eigenvalue weighted by molar-refractivity contribution is 0.0945. The van der Waals surface area contributed by atoms with E-state index in [2.05, 4.69) is 25.8 Å². The Morgan fingerprint density at radius 1 is 1.50 bits per heavy atom. The third-order valence-corrected chi connectivity index (χ3v) is 2.57. The van der Waals surface area contributed by atoms with Crippen LogP contribution < -0.4 is 5.32 Å². The van der Waals surface area contributed by atoms with Crippen LogP contribution in [0, 0.1) is 6.92 Å². The van der Waals surface area contributed by atoms with E-state index in [1.165, 1.54) is 0 Å². The first kappa shape index (κ1) is 12.3. The zero-order chi connectivity index (χ0) is 13.1. The molecule has 7 nitrogen and oxygen atoms in total. The van der Waals surface area contributed by atoms with E-state index in [1.54, 1.807) is 13.1 Å². The molecule has 2 aromatic rings. The minimum atomic E-state index is -0.237. The summed E-state index contributed by atoms with van der Waals surface area (Å²) in [5.41, 5.74) is 1.87. The molecular formula is C11H16N6O. The van der Waals surface area contributed by atoms with E-state index in [-0.39, 0.29) is 5.91 Å². The molecular weight excluding hydrogens is 232 g/mol. The normalized spacial score (nSPS) is 10.9. The maximum absolute atomic E-state index is 11.8. The Hall–Kier alpha value is -2.18. The first-order valence-electron chi connectivity index (χ1n) is 5.76. The topological polar surface area (TPSA) is 88.5 Å². The minimum Gasteiger partial charge on any atom is -0.346 e. The molecule has 0 aromatic carbocycles. The number of carbonyl (C=O) groups is 1. The number of aryl methyl sites for hydroxylation is 1. The molecule has 0 aliphatic rings. The monoisotopic (exact) mass is 248 g/mol. The maximum atomic E-state index is 11.8. The van der Waals surface area contributed by atoms with E-state index in [4.69, 9.17) is 0 Å². The number of amides is 1. The van der Waals surface area contributed by atoms with E-state index in [1.807, 2.05) is 24.7 Å². The van der Waals surface area contributed by atoms with Crippen LogP contribution in [0.5, 0.6) is 0 Å². The van der Waals surface area contributed by atoms with Crippen LogP contribution in [0.4, 0.5) is 0 Å². The molecule has 0 radical (unpaired) electrons. The molecule has 0 fully saturated rings. The number of carbonyl (C=O) groups excluding carboxylic acids is 1. The van der Waals surface area contributed by atoms with E-state index < -0.39 is 0 Å². The molecule has 7 heteroatoms. The minimum absolute atomic E-state index is 0.237. The second-order valence-corrected chi connectivity index (χ2v) is 4.36. The first-order chi connectivity index (χ1) is 8.58. The zero-order valence-electron chi connectivity index (χ0n) is 10.6. The largest absolute Gasteiger partial charge is 0.346 e. The van der Waals surface area contributed by atoms with Crippen LogP contribution in [0.1, 0.15) is 41.6 Å². The van der Waals surface area contributed by atoms with Gasteiger partial charge in [0.2, 0.25) is 0 Å². The number of aromatic nitrogens is 5. The molecule has 0 saturated heterocycles. The number of rotatable bonds is 4. The van der Waals surface area contributed by atoms with Gasteiger partial charge < -0.3 is 5.32 Å². The van der Waals surface area contributed by atoms with Gasteiger partial charge in [0.1, 0.15) is 0 Å². The summed E-state index contributed by atoms with van der Waals surface area (Å²) in [7, 11) is 0. The van der Waals surface area contributed by atoms with Crippen LogP contribution >= 0.6 is 0 Å². The van der Waals surface area contributed by atoms with Crippen molar-refractivity contribution in [3.8, 4) is 0 Å². The second kappa shape index (κ2) is 4.99. The average molecular weight is 248 g/mol. The van der Waals surface area contributed by atoms with Crippen molar-refractivity contribution in [3.05, 3.63) is 29.3 Å². The van der Waals surface area contributed by atoms with Crippen molar-refractivity contribution < 1.29 is 4.79 Å². The molecule has 2 aromatic heterocycles. The number of nitrogens with one attached hydrogen (secondary N) is 2. The van der Waals surface area contributed by atoms with E-state index in [0.717, 1.165) is 5.56 Å². The van der Waals surface area contributed by atoms with Gasteiger partial charge in [-0.3, -0.25) is 9.48 Å². The van der Waals surface area contributed by atoms with Gasteiger partial charge in [-0.1, -0.05) is 0 Å². The number of nitrogens with zero attached hydrogens (tertiary/aromatic N) is 4. The van der Waals surface area contributed by atoms with Crippen LogP contribution in [0.15, 0.2) is 12.4 Å². The second-order valence-electron chi connectivity index (χ2n) is 4.36. The summed E-state index contributed by atoms with van der Waals surface area (Å²) in [6.07, 6.45) is 3.66. The molecule has 0 aliphatic carbocycles. The molecule has 2 rings (SSSR count). The summed E-state index contributed by atoms with van der Waals surface area (Å²) < 4.78 is 1.85. The summed E-state index contributed by atoms with van der Waals surface area (Å²) in [4.78, 5) is 11.8. The number of hydrogen-bond donors (Lipinski definition) is 2. The van der Waals surface area contributed by atoms with Crippen LogP contribution in [0.25, 0.3) is 0 Å². The van der Waals surface area contributed by atoms with Gasteiger partial charge in [0.25, 0.3) is 5.91 Å². The van der Waals surface area contributed by atoms with Gasteiger partial charge in [-0.25, -0.2) is 0 Å². The van der Waals surface area contributed by atoms with Crippen LogP contribution in [-0.4, -0.2) is 31.1 Å². The van der Waals surface area contributed by atoms with Crippen molar-refractivity contribution in [2.24, 2.45) is 0 Å². The molecule has 2 heterocycles. The smallest absolute Gasteiger partial charge is 0.274 e. The fraction of sp³-hybridized carbons (Fsp3) is 0.455. The number of H-pyrrole nitrogens is 1. The fourth-order valence-corrected chi connectivity index (χ4v) is 1.52. The van der Waals surface area contributed by atoms with E-state index in [0.29, 0.717) is 24.0 Å². The Labute approximate surface area is 105 Å². The molecule has 0 bridgehead atoms. The predicted molar refractivity (Wildman–Crippen MR) is 64.9 cm³/mol. The summed E-state index contributed by atoms with van der Waals surface area (Å²) in [5.74, 6) is -0.237. The van der Waals surface area contributed by atoms with Crippen molar-refractivity contribution in [2.75, 3.05) is 0 Å². The Kier molecular flexibility index (Phi) is 3.40. The lowest BCUT2D eigenvalue weighted by Crippen LogP contribution is -2.23. The summed E-state index contributed by atoms with van der Waals surface area (Å²) in [6, 6.07) is 0.312. The molecule has 1 amide bonds. The summed E-state index contributed by atoms with van der Waals surface area (Å²) in [6.45, 7) is 6.26. The highest BCUT2D eigenvalue weighted by molar-refractivity contribution is 5.92. The molecule has 0 spiro atoms. The van der Waals surface area contributed by atoms with Crippen LogP contribution in [0.2, 0.25) is 0 Å². The molecule has 0 atom stereocenters. The van der Waals surface area contributed by atoms with Gasteiger partial charge in [-0.15, -0.1) is 0 Å². The Morgan fingerprint density at radius 2 is 2.28 bits per heavy atom. The lowest BCUT2D eigenvalue weighted by atomic mass is 10.3. The molecule has 0 saturated carbocycles. The van der Waals surface area contributed by atoms with Crippen molar-refractivity contribution in [2.45, 2.75) is 33.4 Å². The van der Waals surface area contributed by atoms with Crippen molar-refractivity contribution >= 4 is 5.91 Å². The Balaban J connectivity index is 1.95. The first-order valence-corrected chi connectivity index (χ1v) is 5.76. The molecule has 96 valence electrons. The summed E-state index contributed by atoms with van der Waals surface area (Å²) >= 11 is 0. The van der Waals surface area contributed by atoms with E-state index in [9.17, 15) is 4.79 Å². The van der Waals surface area contributed by atoms with Gasteiger partial charge in [0.05, 0.1) is 11.9 Å². The van der Waals surface area contributed by atoms with Gasteiger partial charge in [-0.05, 0) is 20.8 Å². The maximum Gasteiger partial charge on any atom is 0.274 e. The van der Waals surface area contributed by atoms with Gasteiger partial charge >= 0.3 is 0 Å². The predicted octanol–water partition coefficient (Wildman–Crippen LogP) is 0.821. The van der Waals surface area contributed by atoms with E-state index >= 15 is 0 Å².